The highest BCUT2D eigenvalue weighted by atomic mass is 14.6. The highest BCUT2D eigenvalue weighted by molar-refractivity contribution is 5.56. The maximum absolute atomic E-state index is 3.94. The van der Waals surface area contributed by atoms with Gasteiger partial charge in [0, 0.05) is 7.05 Å². The number of benzene rings is 1. The van der Waals surface area contributed by atoms with Gasteiger partial charge >= 0.3 is 0 Å². The largest absolute Gasteiger partial charge is 0.301 e. The molecular weight excluding hydrogens is 146 g/mol. The topological polar surface area (TPSA) is 12.4 Å². The van der Waals surface area contributed by atoms with Crippen LogP contribution in [0.2, 0.25) is 0 Å². The third kappa shape index (κ3) is 3.33. The second-order valence-electron chi connectivity index (χ2n) is 2.82. The van der Waals surface area contributed by atoms with E-state index < -0.39 is 0 Å². The summed E-state index contributed by atoms with van der Waals surface area (Å²) < 4.78 is 0. The van der Waals surface area contributed by atoms with Gasteiger partial charge in [-0.15, -0.1) is 0 Å². The summed E-state index contributed by atoms with van der Waals surface area (Å²) in [5.41, 5.74) is 1.42. The molecule has 0 heterocycles. The van der Waals surface area contributed by atoms with E-state index >= 15 is 0 Å². The lowest BCUT2D eigenvalue weighted by atomic mass is 10.1. The average Bonchev–Trinajstić information content (AvgIpc) is 2.14. The lowest BCUT2D eigenvalue weighted by Gasteiger charge is -1.97. The number of unbranched alkanes of at least 4 members (excludes halogenated alkanes) is 1. The first kappa shape index (κ1) is 8.98. The van der Waals surface area contributed by atoms with Gasteiger partial charge in [-0.25, -0.2) is 0 Å². The van der Waals surface area contributed by atoms with Crippen molar-refractivity contribution in [2.24, 2.45) is 4.99 Å². The molecule has 0 saturated heterocycles. The molecule has 0 N–H and O–H groups in total. The second-order valence-corrected chi connectivity index (χ2v) is 2.82. The summed E-state index contributed by atoms with van der Waals surface area (Å²) in [6.45, 7) is 0. The molecule has 0 atom stereocenters. The van der Waals surface area contributed by atoms with Crippen molar-refractivity contribution in [3.8, 4) is 0 Å². The molecule has 0 fully saturated rings. The summed E-state index contributed by atoms with van der Waals surface area (Å²) >= 11 is 0. The highest BCUT2D eigenvalue weighted by Gasteiger charge is 1.89. The van der Waals surface area contributed by atoms with E-state index in [0.717, 1.165) is 12.8 Å². The van der Waals surface area contributed by atoms with Crippen LogP contribution in [0.15, 0.2) is 35.3 Å². The van der Waals surface area contributed by atoms with Gasteiger partial charge in [0.25, 0.3) is 0 Å². The molecule has 0 amide bonds. The predicted molar refractivity (Wildman–Crippen MR) is 53.8 cm³/mol. The zero-order valence-corrected chi connectivity index (χ0v) is 7.53. The normalized spacial score (nSPS) is 10.8. The Morgan fingerprint density at radius 2 is 2.00 bits per heavy atom. The summed E-state index contributed by atoms with van der Waals surface area (Å²) in [4.78, 5) is 3.94. The van der Waals surface area contributed by atoms with Crippen molar-refractivity contribution < 1.29 is 0 Å². The fourth-order valence-corrected chi connectivity index (χ4v) is 1.17. The minimum Gasteiger partial charge on any atom is -0.301 e. The van der Waals surface area contributed by atoms with Gasteiger partial charge in [-0.3, -0.25) is 0 Å². The molecule has 0 aliphatic heterocycles. The molecule has 1 aromatic rings. The van der Waals surface area contributed by atoms with Crippen LogP contribution in [0.1, 0.15) is 18.4 Å². The van der Waals surface area contributed by atoms with Crippen molar-refractivity contribution in [2.45, 2.75) is 19.3 Å². The number of aliphatic imine (C=N–C) groups is 1. The first-order valence-corrected chi connectivity index (χ1v) is 4.38. The van der Waals surface area contributed by atoms with Crippen LogP contribution < -0.4 is 0 Å². The van der Waals surface area contributed by atoms with E-state index in [1.165, 1.54) is 12.0 Å². The summed E-state index contributed by atoms with van der Waals surface area (Å²) in [5, 5.41) is 0. The fourth-order valence-electron chi connectivity index (χ4n) is 1.17. The van der Waals surface area contributed by atoms with Crippen molar-refractivity contribution in [1.29, 1.82) is 0 Å². The first-order valence-electron chi connectivity index (χ1n) is 4.38. The predicted octanol–water partition coefficient (Wildman–Crippen LogP) is 2.71. The van der Waals surface area contributed by atoms with E-state index in [-0.39, 0.29) is 0 Å². The molecule has 64 valence electrons. The van der Waals surface area contributed by atoms with Gasteiger partial charge in [0.15, 0.2) is 0 Å². The summed E-state index contributed by atoms with van der Waals surface area (Å²) in [6, 6.07) is 10.6. The van der Waals surface area contributed by atoms with E-state index in [9.17, 15) is 0 Å². The van der Waals surface area contributed by atoms with Crippen molar-refractivity contribution in [3.05, 3.63) is 35.9 Å². The quantitative estimate of drug-likeness (QED) is 0.475. The van der Waals surface area contributed by atoms with Gasteiger partial charge in [0.1, 0.15) is 0 Å². The van der Waals surface area contributed by atoms with Gasteiger partial charge in [0.05, 0.1) is 0 Å². The Balaban J connectivity index is 2.24. The van der Waals surface area contributed by atoms with E-state index in [0.29, 0.717) is 0 Å². The molecule has 1 heteroatoms. The third-order valence-electron chi connectivity index (χ3n) is 1.82. The molecule has 0 radical (unpaired) electrons. The van der Waals surface area contributed by atoms with Crippen molar-refractivity contribution in [2.75, 3.05) is 7.05 Å². The summed E-state index contributed by atoms with van der Waals surface area (Å²) in [7, 11) is 1.82. The van der Waals surface area contributed by atoms with Gasteiger partial charge < -0.3 is 4.99 Å². The Labute approximate surface area is 74.2 Å². The summed E-state index contributed by atoms with van der Waals surface area (Å²) in [6.07, 6.45) is 5.42. The van der Waals surface area contributed by atoms with Crippen LogP contribution in [0.4, 0.5) is 0 Å². The third-order valence-corrected chi connectivity index (χ3v) is 1.82. The van der Waals surface area contributed by atoms with E-state index in [1.807, 2.05) is 13.3 Å². The van der Waals surface area contributed by atoms with E-state index in [2.05, 4.69) is 35.3 Å². The Morgan fingerprint density at radius 3 is 2.67 bits per heavy atom. The molecule has 0 aliphatic rings. The number of rotatable bonds is 4. The Bertz CT molecular complexity index is 226. The molecule has 1 aromatic carbocycles. The Hall–Kier alpha value is -1.11. The van der Waals surface area contributed by atoms with Crippen molar-refractivity contribution in [3.63, 3.8) is 0 Å². The Kier molecular flexibility index (Phi) is 4.14. The first-order chi connectivity index (χ1) is 5.93. The molecule has 1 nitrogen and oxygen atoms in total. The number of aryl methyl sites for hydroxylation is 1. The fraction of sp³-hybridized carbons (Fsp3) is 0.364. The van der Waals surface area contributed by atoms with Gasteiger partial charge in [0.2, 0.25) is 0 Å². The van der Waals surface area contributed by atoms with E-state index in [1.54, 1.807) is 0 Å². The van der Waals surface area contributed by atoms with Crippen LogP contribution in [-0.2, 0) is 6.42 Å². The van der Waals surface area contributed by atoms with Crippen molar-refractivity contribution in [1.82, 2.24) is 0 Å². The molecule has 0 spiro atoms. The van der Waals surface area contributed by atoms with E-state index in [4.69, 9.17) is 0 Å². The van der Waals surface area contributed by atoms with Gasteiger partial charge in [-0.2, -0.15) is 0 Å². The maximum atomic E-state index is 3.94. The van der Waals surface area contributed by atoms with Crippen LogP contribution in [-0.4, -0.2) is 13.3 Å². The lowest BCUT2D eigenvalue weighted by molar-refractivity contribution is 0.873. The zero-order chi connectivity index (χ0) is 8.65. The lowest BCUT2D eigenvalue weighted by Crippen LogP contribution is -1.84. The molecule has 0 bridgehead atoms. The molecule has 0 saturated carbocycles. The Morgan fingerprint density at radius 1 is 1.25 bits per heavy atom. The molecular formula is C11H15N. The van der Waals surface area contributed by atoms with Crippen molar-refractivity contribution >= 4 is 6.21 Å². The highest BCUT2D eigenvalue weighted by Crippen LogP contribution is 2.03. The zero-order valence-electron chi connectivity index (χ0n) is 7.53. The average molecular weight is 161 g/mol. The molecule has 0 aliphatic carbocycles. The molecule has 0 unspecified atom stereocenters. The van der Waals surface area contributed by atoms with Crippen LogP contribution in [0.25, 0.3) is 0 Å². The molecule has 0 aromatic heterocycles. The monoisotopic (exact) mass is 161 g/mol. The number of hydrogen-bond donors (Lipinski definition) is 0. The number of hydrogen-bond acceptors (Lipinski definition) is 1. The van der Waals surface area contributed by atoms with Crippen LogP contribution >= 0.6 is 0 Å². The number of nitrogens with zero attached hydrogens (tertiary/aromatic N) is 1. The minimum atomic E-state index is 1.09. The van der Waals surface area contributed by atoms with Crippen LogP contribution in [0.5, 0.6) is 0 Å². The van der Waals surface area contributed by atoms with Gasteiger partial charge in [-0.05, 0) is 31.0 Å². The molecule has 12 heavy (non-hydrogen) atoms. The van der Waals surface area contributed by atoms with Gasteiger partial charge in [-0.1, -0.05) is 30.3 Å². The summed E-state index contributed by atoms with van der Waals surface area (Å²) in [5.74, 6) is 0. The standard InChI is InChI=1S/C11H15N/c1-12-10-6-5-9-11-7-3-2-4-8-11/h2-4,7-8,10H,5-6,9H2,1H3. The SMILES string of the molecule is CN=CCCCc1ccccc1. The second kappa shape index (κ2) is 5.53. The minimum absolute atomic E-state index is 1.09. The maximum Gasteiger partial charge on any atom is 0.0273 e. The molecule has 1 rings (SSSR count). The van der Waals surface area contributed by atoms with Crippen LogP contribution in [0, 0.1) is 0 Å². The smallest absolute Gasteiger partial charge is 0.0273 e. The van der Waals surface area contributed by atoms with Crippen LogP contribution in [0.3, 0.4) is 0 Å².